The number of unbranched alkanes of at least 4 members (excludes halogenated alkanes) is 7. The second kappa shape index (κ2) is 14.0. The number of rotatable bonds is 14. The van der Waals surface area contributed by atoms with Gasteiger partial charge in [-0.2, -0.15) is 0 Å². The van der Waals surface area contributed by atoms with Gasteiger partial charge in [-0.15, -0.1) is 0 Å². The molecular formula is C21H36N4O4S. The summed E-state index contributed by atoms with van der Waals surface area (Å²) in [5.74, 6) is 0.0242. The van der Waals surface area contributed by atoms with E-state index in [1.807, 2.05) is 0 Å². The molecule has 170 valence electrons. The van der Waals surface area contributed by atoms with Crippen molar-refractivity contribution in [2.24, 2.45) is 0 Å². The van der Waals surface area contributed by atoms with Gasteiger partial charge in [0.2, 0.25) is 15.9 Å². The molecule has 0 aromatic heterocycles. The number of carbonyl (C=O) groups excluding carboxylic acids is 2. The van der Waals surface area contributed by atoms with Crippen LogP contribution in [0.4, 0.5) is 10.5 Å². The Kier molecular flexibility index (Phi) is 12.1. The van der Waals surface area contributed by atoms with Crippen LogP contribution in [0.3, 0.4) is 0 Å². The highest BCUT2D eigenvalue weighted by Crippen LogP contribution is 2.14. The Labute approximate surface area is 180 Å². The van der Waals surface area contributed by atoms with Crippen LogP contribution in [0.5, 0.6) is 0 Å². The molecule has 9 heteroatoms. The van der Waals surface area contributed by atoms with Gasteiger partial charge in [-0.05, 0) is 37.1 Å². The average Bonchev–Trinajstić information content (AvgIpc) is 2.68. The number of urea groups is 1. The molecule has 3 N–H and O–H groups in total. The fraction of sp³-hybridized carbons (Fsp3) is 0.619. The van der Waals surface area contributed by atoms with Crippen molar-refractivity contribution in [1.82, 2.24) is 14.9 Å². The van der Waals surface area contributed by atoms with Crippen LogP contribution in [-0.4, -0.2) is 52.4 Å². The summed E-state index contributed by atoms with van der Waals surface area (Å²) in [6.07, 6.45) is 8.51. The highest BCUT2D eigenvalue weighted by Gasteiger charge is 2.13. The third-order valence-corrected chi connectivity index (χ3v) is 6.07. The van der Waals surface area contributed by atoms with Gasteiger partial charge in [0, 0.05) is 39.8 Å². The zero-order valence-electron chi connectivity index (χ0n) is 18.4. The van der Waals surface area contributed by atoms with E-state index in [1.54, 1.807) is 26.2 Å². The third-order valence-electron chi connectivity index (χ3n) is 4.59. The van der Waals surface area contributed by atoms with Gasteiger partial charge in [0.1, 0.15) is 0 Å². The second-order valence-corrected chi connectivity index (χ2v) is 9.33. The molecule has 8 nitrogen and oxygen atoms in total. The maximum atomic E-state index is 12.3. The Bertz CT molecular complexity index is 749. The normalized spacial score (nSPS) is 11.2. The largest absolute Gasteiger partial charge is 0.356 e. The molecule has 0 unspecified atom stereocenters. The van der Waals surface area contributed by atoms with Gasteiger partial charge < -0.3 is 15.5 Å². The molecule has 0 bridgehead atoms. The lowest BCUT2D eigenvalue weighted by molar-refractivity contribution is -0.118. The van der Waals surface area contributed by atoms with Gasteiger partial charge in [-0.25, -0.2) is 17.9 Å². The standard InChI is InChI=1S/C21H36N4O4S/c1-18(26)22-16-10-8-6-4-5-7-9-11-17-23-30(28,29)20-14-12-19(13-15-20)24-21(27)25(2)3/h12-15,23H,4-11,16-17H2,1-3H3,(H,22,26)(H,24,27). The molecule has 0 saturated carbocycles. The molecule has 0 heterocycles. The number of nitrogens with one attached hydrogen (secondary N) is 3. The van der Waals surface area contributed by atoms with Crippen molar-refractivity contribution in [3.63, 3.8) is 0 Å². The van der Waals surface area contributed by atoms with Crippen LogP contribution < -0.4 is 15.4 Å². The van der Waals surface area contributed by atoms with Crippen molar-refractivity contribution in [1.29, 1.82) is 0 Å². The molecule has 1 aromatic carbocycles. The van der Waals surface area contributed by atoms with Crippen molar-refractivity contribution in [3.8, 4) is 0 Å². The van der Waals surface area contributed by atoms with Crippen LogP contribution in [0, 0.1) is 0 Å². The number of hydrogen-bond acceptors (Lipinski definition) is 4. The molecule has 3 amide bonds. The highest BCUT2D eigenvalue weighted by molar-refractivity contribution is 7.89. The summed E-state index contributed by atoms with van der Waals surface area (Å²) in [4.78, 5) is 23.9. The molecule has 1 rings (SSSR count). The Morgan fingerprint density at radius 3 is 1.83 bits per heavy atom. The summed E-state index contributed by atoms with van der Waals surface area (Å²) in [5, 5.41) is 5.47. The lowest BCUT2D eigenvalue weighted by Gasteiger charge is -2.12. The summed E-state index contributed by atoms with van der Waals surface area (Å²) in [7, 11) is -0.274. The first kappa shape index (κ1) is 25.9. The predicted octanol–water partition coefficient (Wildman–Crippen LogP) is 3.32. The van der Waals surface area contributed by atoms with E-state index >= 15 is 0 Å². The molecule has 0 saturated heterocycles. The van der Waals surface area contributed by atoms with Crippen LogP contribution in [-0.2, 0) is 14.8 Å². The van der Waals surface area contributed by atoms with Crippen LogP contribution in [0.25, 0.3) is 0 Å². The first-order valence-electron chi connectivity index (χ1n) is 10.5. The van der Waals surface area contributed by atoms with Crippen LogP contribution in [0.15, 0.2) is 29.2 Å². The predicted molar refractivity (Wildman–Crippen MR) is 120 cm³/mol. The summed E-state index contributed by atoms with van der Waals surface area (Å²) in [6, 6.07) is 5.85. The van der Waals surface area contributed by atoms with E-state index in [0.717, 1.165) is 51.5 Å². The van der Waals surface area contributed by atoms with Crippen LogP contribution in [0.1, 0.15) is 58.3 Å². The first-order valence-corrected chi connectivity index (χ1v) is 12.0. The van der Waals surface area contributed by atoms with E-state index in [0.29, 0.717) is 12.2 Å². The first-order chi connectivity index (χ1) is 14.2. The van der Waals surface area contributed by atoms with E-state index < -0.39 is 10.0 Å². The van der Waals surface area contributed by atoms with Gasteiger partial charge in [0.25, 0.3) is 0 Å². The quantitative estimate of drug-likeness (QED) is 0.386. The molecular weight excluding hydrogens is 404 g/mol. The van der Waals surface area contributed by atoms with Crippen molar-refractivity contribution >= 4 is 27.6 Å². The molecule has 0 aliphatic carbocycles. The molecule has 1 aromatic rings. The van der Waals surface area contributed by atoms with Crippen molar-refractivity contribution < 1.29 is 18.0 Å². The molecule has 0 radical (unpaired) electrons. The number of amides is 3. The number of sulfonamides is 1. The maximum Gasteiger partial charge on any atom is 0.321 e. The van der Waals surface area contributed by atoms with Crippen molar-refractivity contribution in [3.05, 3.63) is 24.3 Å². The number of hydrogen-bond donors (Lipinski definition) is 3. The van der Waals surface area contributed by atoms with E-state index in [4.69, 9.17) is 0 Å². The van der Waals surface area contributed by atoms with Gasteiger partial charge >= 0.3 is 6.03 Å². The molecule has 0 fully saturated rings. The molecule has 0 aliphatic rings. The SMILES string of the molecule is CC(=O)NCCCCCCCCCCNS(=O)(=O)c1ccc(NC(=O)N(C)C)cc1. The second-order valence-electron chi connectivity index (χ2n) is 7.56. The summed E-state index contributed by atoms with van der Waals surface area (Å²) >= 11 is 0. The summed E-state index contributed by atoms with van der Waals surface area (Å²) in [6.45, 7) is 2.70. The average molecular weight is 441 g/mol. The summed E-state index contributed by atoms with van der Waals surface area (Å²) in [5.41, 5.74) is 0.544. The monoisotopic (exact) mass is 440 g/mol. The lowest BCUT2D eigenvalue weighted by atomic mass is 10.1. The number of carbonyl (C=O) groups is 2. The fourth-order valence-electron chi connectivity index (χ4n) is 2.82. The minimum atomic E-state index is -3.54. The number of benzene rings is 1. The van der Waals surface area contributed by atoms with Gasteiger partial charge in [0.05, 0.1) is 4.90 Å². The third kappa shape index (κ3) is 11.2. The molecule has 0 atom stereocenters. The van der Waals surface area contributed by atoms with Crippen molar-refractivity contribution in [2.45, 2.75) is 63.2 Å². The number of nitrogens with zero attached hydrogens (tertiary/aromatic N) is 1. The smallest absolute Gasteiger partial charge is 0.321 e. The topological polar surface area (TPSA) is 108 Å². The minimum absolute atomic E-state index is 0.0242. The Balaban J connectivity index is 2.16. The molecule has 0 aliphatic heterocycles. The minimum Gasteiger partial charge on any atom is -0.356 e. The Morgan fingerprint density at radius 2 is 1.33 bits per heavy atom. The van der Waals surface area contributed by atoms with E-state index in [2.05, 4.69) is 15.4 Å². The molecule has 0 spiro atoms. The Morgan fingerprint density at radius 1 is 0.833 bits per heavy atom. The van der Waals surface area contributed by atoms with Gasteiger partial charge in [-0.1, -0.05) is 38.5 Å². The van der Waals surface area contributed by atoms with Gasteiger partial charge in [-0.3, -0.25) is 4.79 Å². The fourth-order valence-corrected chi connectivity index (χ4v) is 3.89. The van der Waals surface area contributed by atoms with Crippen molar-refractivity contribution in [2.75, 3.05) is 32.5 Å². The van der Waals surface area contributed by atoms with Gasteiger partial charge in [0.15, 0.2) is 0 Å². The lowest BCUT2D eigenvalue weighted by Crippen LogP contribution is -2.27. The number of anilines is 1. The highest BCUT2D eigenvalue weighted by atomic mass is 32.2. The van der Waals surface area contributed by atoms with Crippen LogP contribution in [0.2, 0.25) is 0 Å². The Hall–Kier alpha value is -2.13. The maximum absolute atomic E-state index is 12.3. The van der Waals surface area contributed by atoms with E-state index in [-0.39, 0.29) is 16.8 Å². The zero-order valence-corrected chi connectivity index (χ0v) is 19.2. The molecule has 30 heavy (non-hydrogen) atoms. The summed E-state index contributed by atoms with van der Waals surface area (Å²) < 4.78 is 27.3. The van der Waals surface area contributed by atoms with E-state index in [1.165, 1.54) is 30.4 Å². The van der Waals surface area contributed by atoms with E-state index in [9.17, 15) is 18.0 Å². The zero-order chi connectivity index (χ0) is 22.4. The van der Waals surface area contributed by atoms with Crippen LogP contribution >= 0.6 is 0 Å².